The number of halogens is 1. The summed E-state index contributed by atoms with van der Waals surface area (Å²) in [7, 11) is -7.17. The van der Waals surface area contributed by atoms with E-state index in [0.29, 0.717) is 25.1 Å². The highest BCUT2D eigenvalue weighted by molar-refractivity contribution is 8.24. The van der Waals surface area contributed by atoms with Crippen LogP contribution in [0.3, 0.4) is 0 Å². The molecule has 334 valence electrons. The second-order valence-electron chi connectivity index (χ2n) is 17.6. The van der Waals surface area contributed by atoms with Gasteiger partial charge in [0, 0.05) is 90.7 Å². The SMILES string of the molecule is CC1(C)CCC(CN2CCN(c3ccc(C(=O)NS(=O)(=O)c4ccc(NCC5CCS(O)(O)CC5)c([N+](=O)[O-])c4)c(Oc4cccc5[nH]ccc45)c3)CC2)=C(c2ccc(Cl)cc2)C1. The molecule has 0 spiro atoms. The summed E-state index contributed by atoms with van der Waals surface area (Å²) in [4.78, 5) is 32.9. The zero-order valence-electron chi connectivity index (χ0n) is 35.3. The van der Waals surface area contributed by atoms with E-state index in [1.54, 1.807) is 30.5 Å². The summed E-state index contributed by atoms with van der Waals surface area (Å²) in [6.07, 6.45) is 6.07. The zero-order valence-corrected chi connectivity index (χ0v) is 37.7. The number of fused-ring (bicyclic) bond motifs is 1. The summed E-state index contributed by atoms with van der Waals surface area (Å²) in [5.41, 5.74) is 5.56. The number of hydrogen-bond donors (Lipinski definition) is 5. The van der Waals surface area contributed by atoms with Crippen LogP contribution in [-0.2, 0) is 10.0 Å². The summed E-state index contributed by atoms with van der Waals surface area (Å²) in [5.74, 6) is 0.268. The summed E-state index contributed by atoms with van der Waals surface area (Å²) in [5, 5.41) is 16.7. The molecule has 0 saturated carbocycles. The second-order valence-corrected chi connectivity index (χ2v) is 22.1. The number of anilines is 2. The molecule has 3 heterocycles. The summed E-state index contributed by atoms with van der Waals surface area (Å²) in [6, 6.07) is 24.0. The topological polar surface area (TPSA) is 190 Å². The van der Waals surface area contributed by atoms with Crippen LogP contribution in [0.5, 0.6) is 11.5 Å². The van der Waals surface area contributed by atoms with Crippen molar-refractivity contribution in [2.24, 2.45) is 11.3 Å². The Morgan fingerprint density at radius 2 is 1.73 bits per heavy atom. The Kier molecular flexibility index (Phi) is 12.8. The van der Waals surface area contributed by atoms with Gasteiger partial charge in [-0.15, -0.1) is 0 Å². The Hall–Kier alpha value is -5.10. The number of nitro groups is 1. The molecule has 1 amide bonds. The Morgan fingerprint density at radius 3 is 2.46 bits per heavy atom. The lowest BCUT2D eigenvalue weighted by atomic mass is 9.72. The van der Waals surface area contributed by atoms with Gasteiger partial charge < -0.3 is 19.9 Å². The fourth-order valence-electron chi connectivity index (χ4n) is 8.77. The maximum atomic E-state index is 14.0. The van der Waals surface area contributed by atoms with Crippen molar-refractivity contribution in [1.29, 1.82) is 0 Å². The molecule has 4 aromatic carbocycles. The highest BCUT2D eigenvalue weighted by atomic mass is 35.5. The van der Waals surface area contributed by atoms with E-state index in [9.17, 15) is 32.4 Å². The van der Waals surface area contributed by atoms with Gasteiger partial charge in [-0.05, 0) is 109 Å². The molecule has 0 unspecified atom stereocenters. The van der Waals surface area contributed by atoms with Crippen molar-refractivity contribution < 1.29 is 32.0 Å². The van der Waals surface area contributed by atoms with E-state index in [0.717, 1.165) is 79.7 Å². The van der Waals surface area contributed by atoms with Gasteiger partial charge in [0.15, 0.2) is 0 Å². The Morgan fingerprint density at radius 1 is 0.984 bits per heavy atom. The molecule has 63 heavy (non-hydrogen) atoms. The molecular weight excluding hydrogens is 864 g/mol. The van der Waals surface area contributed by atoms with E-state index >= 15 is 0 Å². The van der Waals surface area contributed by atoms with Crippen molar-refractivity contribution >= 4 is 71.7 Å². The first-order chi connectivity index (χ1) is 30.0. The molecule has 5 N–H and O–H groups in total. The minimum absolute atomic E-state index is 0.0349. The third-order valence-electron chi connectivity index (χ3n) is 12.5. The normalized spacial score (nSPS) is 18.8. The van der Waals surface area contributed by atoms with Gasteiger partial charge in [-0.3, -0.25) is 28.9 Å². The molecule has 3 aliphatic rings. The molecule has 0 radical (unpaired) electrons. The molecule has 1 aromatic heterocycles. The fourth-order valence-corrected chi connectivity index (χ4v) is 11.5. The zero-order chi connectivity index (χ0) is 44.5. The van der Waals surface area contributed by atoms with Gasteiger partial charge in [-0.25, -0.2) is 13.1 Å². The van der Waals surface area contributed by atoms with Gasteiger partial charge in [0.25, 0.3) is 21.6 Å². The average molecular weight is 918 g/mol. The van der Waals surface area contributed by atoms with Gasteiger partial charge in [-0.1, -0.05) is 49.2 Å². The van der Waals surface area contributed by atoms with E-state index in [-0.39, 0.29) is 39.8 Å². The molecule has 2 fully saturated rings. The number of nitrogens with zero attached hydrogens (tertiary/aromatic N) is 3. The minimum Gasteiger partial charge on any atom is -0.456 e. The van der Waals surface area contributed by atoms with Crippen LogP contribution in [-0.4, -0.2) is 89.0 Å². The maximum absolute atomic E-state index is 14.0. The Labute approximate surface area is 374 Å². The fraction of sp³-hybridized carbons (Fsp3) is 0.370. The smallest absolute Gasteiger partial charge is 0.293 e. The van der Waals surface area contributed by atoms with E-state index in [4.69, 9.17) is 16.3 Å². The predicted octanol–water partition coefficient (Wildman–Crippen LogP) is 10.00. The lowest BCUT2D eigenvalue weighted by molar-refractivity contribution is -0.384. The third-order valence-corrected chi connectivity index (χ3v) is 15.9. The number of aromatic amines is 1. The summed E-state index contributed by atoms with van der Waals surface area (Å²) in [6.45, 7) is 8.95. The number of amides is 1. The first kappa shape index (κ1) is 44.5. The molecule has 0 atom stereocenters. The van der Waals surface area contributed by atoms with Crippen LogP contribution in [0.4, 0.5) is 17.1 Å². The van der Waals surface area contributed by atoms with Crippen molar-refractivity contribution in [3.05, 3.63) is 123 Å². The standard InChI is InChI=1S/C46H53ClN6O8S2/c1-46(2)18-14-33(39(28-46)32-6-8-34(47)9-7-32)30-51-20-22-52(23-21-51)35-10-12-38(44(26-35)61-43-5-3-4-40-37(43)15-19-48-40)45(54)50-63(59,60)36-11-13-41(42(27-36)53(55)56)49-29-31-16-24-62(57,58)25-17-31/h3-13,15,19,26-27,31,48-49,57-58H,14,16-18,20-25,28-30H2,1-2H3,(H,50,54). The van der Waals surface area contributed by atoms with Crippen molar-refractivity contribution in [3.63, 3.8) is 0 Å². The third kappa shape index (κ3) is 10.5. The van der Waals surface area contributed by atoms with Gasteiger partial charge >= 0.3 is 0 Å². The molecular formula is C46H53ClN6O8S2. The first-order valence-corrected chi connectivity index (χ1v) is 24.9. The van der Waals surface area contributed by atoms with Crippen molar-refractivity contribution in [1.82, 2.24) is 14.6 Å². The van der Waals surface area contributed by atoms with Crippen LogP contribution < -0.4 is 19.7 Å². The number of rotatable bonds is 13. The van der Waals surface area contributed by atoms with Crippen LogP contribution in [0.1, 0.15) is 61.9 Å². The van der Waals surface area contributed by atoms with Crippen LogP contribution in [0.25, 0.3) is 16.5 Å². The Balaban J connectivity index is 1.00. The van der Waals surface area contributed by atoms with E-state index in [2.05, 4.69) is 50.8 Å². The maximum Gasteiger partial charge on any atom is 0.293 e. The van der Waals surface area contributed by atoms with Crippen LogP contribution in [0.15, 0.2) is 102 Å². The van der Waals surface area contributed by atoms with E-state index in [1.807, 2.05) is 30.3 Å². The van der Waals surface area contributed by atoms with E-state index in [1.165, 1.54) is 28.8 Å². The number of ether oxygens (including phenoxy) is 1. The predicted molar refractivity (Wildman–Crippen MR) is 251 cm³/mol. The number of allylic oxidation sites excluding steroid dienone is 1. The highest BCUT2D eigenvalue weighted by Gasteiger charge is 2.31. The number of H-pyrrole nitrogens is 1. The molecule has 1 aliphatic carbocycles. The highest BCUT2D eigenvalue weighted by Crippen LogP contribution is 2.46. The van der Waals surface area contributed by atoms with Crippen LogP contribution in [0.2, 0.25) is 5.02 Å². The number of carbonyl (C=O) groups excluding carboxylic acids is 1. The van der Waals surface area contributed by atoms with Crippen LogP contribution >= 0.6 is 22.2 Å². The summed E-state index contributed by atoms with van der Waals surface area (Å²) < 4.78 is 55.9. The number of carbonyl (C=O) groups is 1. The number of sulfonamides is 1. The van der Waals surface area contributed by atoms with Crippen molar-refractivity contribution in [2.45, 2.75) is 50.8 Å². The van der Waals surface area contributed by atoms with Crippen molar-refractivity contribution in [3.8, 4) is 11.5 Å². The minimum atomic E-state index is -4.59. The largest absolute Gasteiger partial charge is 0.456 e. The number of benzene rings is 4. The molecule has 2 saturated heterocycles. The number of nitrogens with one attached hydrogen (secondary N) is 3. The van der Waals surface area contributed by atoms with Gasteiger partial charge in [0.2, 0.25) is 0 Å². The first-order valence-electron chi connectivity index (χ1n) is 21.2. The molecule has 5 aromatic rings. The molecule has 14 nitrogen and oxygen atoms in total. The lowest BCUT2D eigenvalue weighted by Crippen LogP contribution is -2.47. The number of nitro benzene ring substituents is 1. The van der Waals surface area contributed by atoms with Crippen LogP contribution in [0, 0.1) is 21.4 Å². The molecule has 17 heteroatoms. The number of aromatic nitrogens is 1. The Bertz CT molecular complexity index is 2650. The monoisotopic (exact) mass is 916 g/mol. The quantitative estimate of drug-likeness (QED) is 0.0558. The van der Waals surface area contributed by atoms with Gasteiger partial charge in [0.1, 0.15) is 17.2 Å². The van der Waals surface area contributed by atoms with E-state index < -0.39 is 42.0 Å². The molecule has 2 aliphatic heterocycles. The summed E-state index contributed by atoms with van der Waals surface area (Å²) >= 11 is 6.24. The average Bonchev–Trinajstić information content (AvgIpc) is 3.74. The lowest BCUT2D eigenvalue weighted by Gasteiger charge is -2.39. The molecule has 8 rings (SSSR count). The van der Waals surface area contributed by atoms with Crippen molar-refractivity contribution in [2.75, 3.05) is 61.0 Å². The molecule has 0 bridgehead atoms. The van der Waals surface area contributed by atoms with Gasteiger partial charge in [0.05, 0.1) is 15.4 Å². The number of hydrogen-bond acceptors (Lipinski definition) is 11. The number of piperazine rings is 1. The second kappa shape index (κ2) is 18.2. The van der Waals surface area contributed by atoms with Gasteiger partial charge in [-0.2, -0.15) is 10.6 Å².